The fourth-order valence-corrected chi connectivity index (χ4v) is 2.70. The lowest BCUT2D eigenvalue weighted by atomic mass is 10.2. The number of ether oxygens (including phenoxy) is 2. The van der Waals surface area contributed by atoms with Gasteiger partial charge in [-0.05, 0) is 30.7 Å². The molecule has 2 aromatic heterocycles. The second-order valence-corrected chi connectivity index (χ2v) is 5.10. The van der Waals surface area contributed by atoms with Gasteiger partial charge in [0.15, 0.2) is 17.1 Å². The summed E-state index contributed by atoms with van der Waals surface area (Å²) < 4.78 is 12.7. The average molecular weight is 302 g/mol. The second kappa shape index (κ2) is 4.63. The average Bonchev–Trinajstić information content (AvgIpc) is 3.10. The zero-order valence-corrected chi connectivity index (χ0v) is 12.1. The third-order valence-electron chi connectivity index (χ3n) is 3.55. The van der Waals surface area contributed by atoms with Crippen molar-refractivity contribution < 1.29 is 9.47 Å². The van der Waals surface area contributed by atoms with Gasteiger partial charge in [0.05, 0.1) is 11.6 Å². The van der Waals surface area contributed by atoms with Gasteiger partial charge in [-0.2, -0.15) is 0 Å². The molecular weight excluding hydrogens is 290 g/mol. The Balaban J connectivity index is 1.99. The summed E-state index contributed by atoms with van der Waals surface area (Å²) in [6.45, 7) is 2.27. The number of hydrogen-bond donors (Lipinski definition) is 0. The molecule has 0 saturated heterocycles. The van der Waals surface area contributed by atoms with Crippen LogP contribution in [0.4, 0.5) is 0 Å². The van der Waals surface area contributed by atoms with Crippen molar-refractivity contribution in [1.29, 1.82) is 0 Å². The van der Waals surface area contributed by atoms with Crippen molar-refractivity contribution in [2.45, 2.75) is 12.8 Å². The monoisotopic (exact) mass is 301 g/mol. The van der Waals surface area contributed by atoms with Gasteiger partial charge in [-0.25, -0.2) is 9.97 Å². The summed E-state index contributed by atoms with van der Waals surface area (Å²) in [6.07, 6.45) is 1.78. The molecule has 5 nitrogen and oxygen atoms in total. The lowest BCUT2D eigenvalue weighted by Gasteiger charge is -2.08. The lowest BCUT2D eigenvalue weighted by Crippen LogP contribution is -2.00. The molecule has 0 radical (unpaired) electrons. The number of nitrogens with zero attached hydrogens (tertiary/aromatic N) is 3. The molecule has 1 aliphatic heterocycles. The van der Waals surface area contributed by atoms with Crippen LogP contribution < -0.4 is 9.47 Å². The quantitative estimate of drug-likeness (QED) is 0.682. The molecule has 1 aliphatic rings. The first-order valence-corrected chi connectivity index (χ1v) is 7.10. The van der Waals surface area contributed by atoms with Crippen molar-refractivity contribution in [3.63, 3.8) is 0 Å². The molecule has 0 amide bonds. The van der Waals surface area contributed by atoms with Gasteiger partial charge < -0.3 is 9.47 Å². The molecule has 1 aromatic carbocycles. The summed E-state index contributed by atoms with van der Waals surface area (Å²) in [5.74, 6) is 2.54. The van der Waals surface area contributed by atoms with Gasteiger partial charge >= 0.3 is 0 Å². The van der Waals surface area contributed by atoms with Crippen LogP contribution in [0.1, 0.15) is 11.4 Å². The van der Waals surface area contributed by atoms with E-state index >= 15 is 0 Å². The van der Waals surface area contributed by atoms with E-state index in [0.717, 1.165) is 39.7 Å². The van der Waals surface area contributed by atoms with E-state index in [0.29, 0.717) is 5.88 Å². The zero-order chi connectivity index (χ0) is 14.4. The molecular formula is C15H12ClN3O2. The minimum absolute atomic E-state index is 0.253. The SMILES string of the molecule is Cc1ccnc2c1nc(CCl)n2-c1ccc2c(c1)OCO2. The Labute approximate surface area is 126 Å². The van der Waals surface area contributed by atoms with Crippen molar-refractivity contribution in [2.24, 2.45) is 0 Å². The number of hydrogen-bond acceptors (Lipinski definition) is 4. The summed E-state index contributed by atoms with van der Waals surface area (Å²) in [4.78, 5) is 9.05. The predicted octanol–water partition coefficient (Wildman–Crippen LogP) is 3.20. The lowest BCUT2D eigenvalue weighted by molar-refractivity contribution is 0.174. The minimum atomic E-state index is 0.253. The van der Waals surface area contributed by atoms with Crippen LogP contribution in [0.2, 0.25) is 0 Å². The summed E-state index contributed by atoms with van der Waals surface area (Å²) in [5.41, 5.74) is 3.65. The standard InChI is InChI=1S/C15H12ClN3O2/c1-9-4-5-17-15-14(9)18-13(7-16)19(15)10-2-3-11-12(6-10)21-8-20-11/h2-6H,7-8H2,1H3. The van der Waals surface area contributed by atoms with E-state index in [1.807, 2.05) is 35.8 Å². The van der Waals surface area contributed by atoms with Crippen LogP contribution in [0, 0.1) is 6.92 Å². The van der Waals surface area contributed by atoms with Crippen LogP contribution in [-0.2, 0) is 5.88 Å². The second-order valence-electron chi connectivity index (χ2n) is 4.83. The van der Waals surface area contributed by atoms with E-state index in [2.05, 4.69) is 9.97 Å². The fraction of sp³-hybridized carbons (Fsp3) is 0.200. The molecule has 3 heterocycles. The van der Waals surface area contributed by atoms with Gasteiger partial charge in [0.1, 0.15) is 11.3 Å². The number of rotatable bonds is 2. The Morgan fingerprint density at radius 2 is 2.10 bits per heavy atom. The number of fused-ring (bicyclic) bond motifs is 2. The maximum absolute atomic E-state index is 6.06. The van der Waals surface area contributed by atoms with E-state index in [1.54, 1.807) is 6.20 Å². The largest absolute Gasteiger partial charge is 0.454 e. The number of benzene rings is 1. The highest BCUT2D eigenvalue weighted by atomic mass is 35.5. The molecule has 0 spiro atoms. The number of aryl methyl sites for hydroxylation is 1. The molecule has 0 N–H and O–H groups in total. The molecule has 0 atom stereocenters. The smallest absolute Gasteiger partial charge is 0.231 e. The Bertz CT molecular complexity index is 844. The molecule has 3 aromatic rings. The first-order valence-electron chi connectivity index (χ1n) is 6.57. The van der Waals surface area contributed by atoms with Crippen molar-refractivity contribution >= 4 is 22.8 Å². The highest BCUT2D eigenvalue weighted by Gasteiger charge is 2.18. The van der Waals surface area contributed by atoms with Crippen LogP contribution in [0.5, 0.6) is 11.5 Å². The molecule has 6 heteroatoms. The van der Waals surface area contributed by atoms with Crippen molar-refractivity contribution in [3.05, 3.63) is 41.9 Å². The van der Waals surface area contributed by atoms with Crippen LogP contribution in [-0.4, -0.2) is 21.3 Å². The van der Waals surface area contributed by atoms with Crippen LogP contribution in [0.3, 0.4) is 0 Å². The number of halogens is 1. The highest BCUT2D eigenvalue weighted by molar-refractivity contribution is 6.17. The topological polar surface area (TPSA) is 49.2 Å². The van der Waals surface area contributed by atoms with E-state index in [1.165, 1.54) is 0 Å². The van der Waals surface area contributed by atoms with Gasteiger partial charge in [-0.3, -0.25) is 4.57 Å². The Kier molecular flexibility index (Phi) is 2.75. The molecule has 0 bridgehead atoms. The third-order valence-corrected chi connectivity index (χ3v) is 3.79. The van der Waals surface area contributed by atoms with Crippen molar-refractivity contribution in [2.75, 3.05) is 6.79 Å². The fourth-order valence-electron chi connectivity index (χ4n) is 2.52. The van der Waals surface area contributed by atoms with Crippen molar-refractivity contribution in [1.82, 2.24) is 14.5 Å². The van der Waals surface area contributed by atoms with Gasteiger partial charge in [0.25, 0.3) is 0 Å². The number of aromatic nitrogens is 3. The number of alkyl halides is 1. The van der Waals surface area contributed by atoms with Gasteiger partial charge in [-0.1, -0.05) is 0 Å². The maximum Gasteiger partial charge on any atom is 0.231 e. The first kappa shape index (κ1) is 12.5. The predicted molar refractivity (Wildman–Crippen MR) is 79.3 cm³/mol. The Morgan fingerprint density at radius 1 is 1.24 bits per heavy atom. The number of pyridine rings is 1. The van der Waals surface area contributed by atoms with E-state index in [9.17, 15) is 0 Å². The van der Waals surface area contributed by atoms with Crippen LogP contribution >= 0.6 is 11.6 Å². The van der Waals surface area contributed by atoms with Gasteiger partial charge in [0.2, 0.25) is 6.79 Å². The Morgan fingerprint density at radius 3 is 2.95 bits per heavy atom. The van der Waals surface area contributed by atoms with Crippen molar-refractivity contribution in [3.8, 4) is 17.2 Å². The third kappa shape index (κ3) is 1.85. The zero-order valence-electron chi connectivity index (χ0n) is 11.3. The van der Waals surface area contributed by atoms with Gasteiger partial charge in [-0.15, -0.1) is 11.6 Å². The summed E-state index contributed by atoms with van der Waals surface area (Å²) >= 11 is 6.06. The molecule has 106 valence electrons. The first-order chi connectivity index (χ1) is 10.3. The maximum atomic E-state index is 6.06. The highest BCUT2D eigenvalue weighted by Crippen LogP contribution is 2.35. The summed E-state index contributed by atoms with van der Waals surface area (Å²) in [5, 5.41) is 0. The van der Waals surface area contributed by atoms with Gasteiger partial charge in [0, 0.05) is 12.3 Å². The Hall–Kier alpha value is -2.27. The van der Waals surface area contributed by atoms with E-state index < -0.39 is 0 Å². The molecule has 4 rings (SSSR count). The van der Waals surface area contributed by atoms with E-state index in [-0.39, 0.29) is 6.79 Å². The molecule has 21 heavy (non-hydrogen) atoms. The summed E-state index contributed by atoms with van der Waals surface area (Å²) in [6, 6.07) is 7.70. The number of imidazole rings is 1. The normalized spacial score (nSPS) is 13.0. The van der Waals surface area contributed by atoms with Crippen LogP contribution in [0.25, 0.3) is 16.9 Å². The summed E-state index contributed by atoms with van der Waals surface area (Å²) in [7, 11) is 0. The minimum Gasteiger partial charge on any atom is -0.454 e. The molecule has 0 fully saturated rings. The van der Waals surface area contributed by atoms with Crippen LogP contribution in [0.15, 0.2) is 30.5 Å². The molecule has 0 unspecified atom stereocenters. The molecule has 0 aliphatic carbocycles. The van der Waals surface area contributed by atoms with E-state index in [4.69, 9.17) is 21.1 Å². The molecule has 0 saturated carbocycles.